The molecule has 0 amide bonds. The molecule has 0 spiro atoms. The smallest absolute Gasteiger partial charge is 0.142 e. The highest BCUT2D eigenvalue weighted by molar-refractivity contribution is 5.35. The van der Waals surface area contributed by atoms with Crippen molar-refractivity contribution in [2.45, 2.75) is 6.92 Å². The number of aryl methyl sites for hydroxylation is 1. The van der Waals surface area contributed by atoms with E-state index >= 15 is 0 Å². The van der Waals surface area contributed by atoms with Crippen LogP contribution in [0.25, 0.3) is 0 Å². The summed E-state index contributed by atoms with van der Waals surface area (Å²) in [6.45, 7) is 1.68. The summed E-state index contributed by atoms with van der Waals surface area (Å²) in [6, 6.07) is 1.25. The fraction of sp³-hybridized carbons (Fsp3) is 0.125. The Balaban J connectivity index is 3.34. The van der Waals surface area contributed by atoms with Gasteiger partial charge in [-0.15, -0.1) is 6.42 Å². The summed E-state index contributed by atoms with van der Waals surface area (Å²) < 4.78 is 12.7. The molecule has 2 heteroatoms. The van der Waals surface area contributed by atoms with E-state index in [0.717, 1.165) is 0 Å². The second kappa shape index (κ2) is 2.49. The lowest BCUT2D eigenvalue weighted by atomic mass is 10.2. The van der Waals surface area contributed by atoms with E-state index in [9.17, 15) is 4.39 Å². The SMILES string of the molecule is C#Cc1c(F)ccnc1C. The Labute approximate surface area is 58.9 Å². The molecule has 1 rings (SSSR count). The predicted molar refractivity (Wildman–Crippen MR) is 36.9 cm³/mol. The fourth-order valence-corrected chi connectivity index (χ4v) is 0.709. The van der Waals surface area contributed by atoms with Gasteiger partial charge >= 0.3 is 0 Å². The molecule has 0 radical (unpaired) electrons. The highest BCUT2D eigenvalue weighted by Crippen LogP contribution is 2.06. The summed E-state index contributed by atoms with van der Waals surface area (Å²) in [5.74, 6) is 1.85. The first-order valence-electron chi connectivity index (χ1n) is 2.83. The number of rotatable bonds is 0. The molecular formula is C8H6FN. The Kier molecular flexibility index (Phi) is 1.68. The highest BCUT2D eigenvalue weighted by atomic mass is 19.1. The maximum atomic E-state index is 12.7. The van der Waals surface area contributed by atoms with E-state index in [1.807, 2.05) is 0 Å². The molecular weight excluding hydrogens is 129 g/mol. The number of hydrogen-bond acceptors (Lipinski definition) is 1. The largest absolute Gasteiger partial charge is 0.260 e. The van der Waals surface area contributed by atoms with Gasteiger partial charge in [0, 0.05) is 6.20 Å². The minimum Gasteiger partial charge on any atom is -0.260 e. The van der Waals surface area contributed by atoms with Gasteiger partial charge in [0.2, 0.25) is 0 Å². The molecule has 0 aliphatic rings. The number of nitrogens with zero attached hydrogens (tertiary/aromatic N) is 1. The first-order chi connectivity index (χ1) is 4.75. The molecule has 0 unspecified atom stereocenters. The summed E-state index contributed by atoms with van der Waals surface area (Å²) in [4.78, 5) is 3.83. The molecule has 0 aliphatic heterocycles. The minimum absolute atomic E-state index is 0.252. The van der Waals surface area contributed by atoms with Crippen LogP contribution < -0.4 is 0 Å². The van der Waals surface area contributed by atoms with Crippen molar-refractivity contribution in [1.29, 1.82) is 0 Å². The molecule has 50 valence electrons. The number of halogens is 1. The van der Waals surface area contributed by atoms with Crippen molar-refractivity contribution in [2.24, 2.45) is 0 Å². The lowest BCUT2D eigenvalue weighted by Gasteiger charge is -1.95. The fourth-order valence-electron chi connectivity index (χ4n) is 0.709. The Hall–Kier alpha value is -1.36. The van der Waals surface area contributed by atoms with Crippen LogP contribution in [0, 0.1) is 25.1 Å². The second-order valence-corrected chi connectivity index (χ2v) is 1.90. The molecule has 0 bridgehead atoms. The summed E-state index contributed by atoms with van der Waals surface area (Å²) >= 11 is 0. The molecule has 0 saturated carbocycles. The van der Waals surface area contributed by atoms with E-state index in [1.165, 1.54) is 12.3 Å². The van der Waals surface area contributed by atoms with Crippen molar-refractivity contribution < 1.29 is 4.39 Å². The zero-order valence-electron chi connectivity index (χ0n) is 5.56. The Bertz CT molecular complexity index is 266. The van der Waals surface area contributed by atoms with Crippen molar-refractivity contribution in [2.75, 3.05) is 0 Å². The summed E-state index contributed by atoms with van der Waals surface area (Å²) in [5.41, 5.74) is 0.810. The van der Waals surface area contributed by atoms with E-state index in [-0.39, 0.29) is 11.4 Å². The third-order valence-corrected chi connectivity index (χ3v) is 1.23. The van der Waals surface area contributed by atoms with Gasteiger partial charge in [-0.2, -0.15) is 0 Å². The van der Waals surface area contributed by atoms with Gasteiger partial charge in [0.1, 0.15) is 5.82 Å². The van der Waals surface area contributed by atoms with Gasteiger partial charge in [-0.3, -0.25) is 4.98 Å². The quantitative estimate of drug-likeness (QED) is 0.491. The van der Waals surface area contributed by atoms with E-state index < -0.39 is 0 Å². The van der Waals surface area contributed by atoms with Gasteiger partial charge in [-0.1, -0.05) is 5.92 Å². The third-order valence-electron chi connectivity index (χ3n) is 1.23. The average Bonchev–Trinajstić information content (AvgIpc) is 1.88. The zero-order valence-corrected chi connectivity index (χ0v) is 5.56. The molecule has 1 nitrogen and oxygen atoms in total. The van der Waals surface area contributed by atoms with Crippen molar-refractivity contribution in [3.05, 3.63) is 29.3 Å². The molecule has 0 fully saturated rings. The number of pyridine rings is 1. The lowest BCUT2D eigenvalue weighted by molar-refractivity contribution is 0.620. The summed E-state index contributed by atoms with van der Waals surface area (Å²) in [7, 11) is 0. The Morgan fingerprint density at radius 3 is 2.80 bits per heavy atom. The topological polar surface area (TPSA) is 12.9 Å². The van der Waals surface area contributed by atoms with Crippen LogP contribution in [0.5, 0.6) is 0 Å². The van der Waals surface area contributed by atoms with E-state index in [4.69, 9.17) is 6.42 Å². The molecule has 1 aromatic heterocycles. The van der Waals surface area contributed by atoms with Gasteiger partial charge in [0.05, 0.1) is 11.3 Å². The van der Waals surface area contributed by atoms with Crippen molar-refractivity contribution in [3.8, 4) is 12.3 Å². The standard InChI is InChI=1S/C8H6FN/c1-3-7-6(2)10-5-4-8(7)9/h1,4-5H,2H3. The third kappa shape index (κ3) is 0.985. The number of hydrogen-bond donors (Lipinski definition) is 0. The Morgan fingerprint density at radius 2 is 2.40 bits per heavy atom. The molecule has 0 atom stereocenters. The maximum Gasteiger partial charge on any atom is 0.142 e. The van der Waals surface area contributed by atoms with E-state index in [1.54, 1.807) is 6.92 Å². The van der Waals surface area contributed by atoms with Gasteiger partial charge < -0.3 is 0 Å². The molecule has 0 saturated heterocycles. The molecule has 1 heterocycles. The molecule has 0 aromatic carbocycles. The van der Waals surface area contributed by atoms with Crippen LogP contribution in [0.15, 0.2) is 12.3 Å². The van der Waals surface area contributed by atoms with Gasteiger partial charge in [-0.05, 0) is 13.0 Å². The van der Waals surface area contributed by atoms with Crippen LogP contribution in [-0.2, 0) is 0 Å². The maximum absolute atomic E-state index is 12.7. The van der Waals surface area contributed by atoms with Crippen molar-refractivity contribution in [3.63, 3.8) is 0 Å². The average molecular weight is 135 g/mol. The lowest BCUT2D eigenvalue weighted by Crippen LogP contribution is -1.90. The molecule has 0 aliphatic carbocycles. The zero-order chi connectivity index (χ0) is 7.56. The van der Waals surface area contributed by atoms with Crippen LogP contribution in [0.3, 0.4) is 0 Å². The number of aromatic nitrogens is 1. The van der Waals surface area contributed by atoms with Crippen LogP contribution in [0.4, 0.5) is 4.39 Å². The van der Waals surface area contributed by atoms with Crippen molar-refractivity contribution in [1.82, 2.24) is 4.98 Å². The van der Waals surface area contributed by atoms with E-state index in [2.05, 4.69) is 10.9 Å². The normalized spacial score (nSPS) is 8.90. The number of terminal acetylenes is 1. The summed E-state index contributed by atoms with van der Waals surface area (Å²) in [6.07, 6.45) is 6.42. The van der Waals surface area contributed by atoms with Gasteiger partial charge in [0.15, 0.2) is 0 Å². The van der Waals surface area contributed by atoms with Crippen LogP contribution >= 0.6 is 0 Å². The van der Waals surface area contributed by atoms with Crippen molar-refractivity contribution >= 4 is 0 Å². The van der Waals surface area contributed by atoms with Crippen LogP contribution in [0.2, 0.25) is 0 Å². The minimum atomic E-state index is -0.380. The Morgan fingerprint density at radius 1 is 1.70 bits per heavy atom. The highest BCUT2D eigenvalue weighted by Gasteiger charge is 2.00. The van der Waals surface area contributed by atoms with Crippen LogP contribution in [0.1, 0.15) is 11.3 Å². The molecule has 1 aromatic rings. The first-order valence-corrected chi connectivity index (χ1v) is 2.83. The molecule has 0 N–H and O–H groups in total. The molecule has 10 heavy (non-hydrogen) atoms. The van der Waals surface area contributed by atoms with Gasteiger partial charge in [0.25, 0.3) is 0 Å². The first kappa shape index (κ1) is 6.76. The van der Waals surface area contributed by atoms with Gasteiger partial charge in [-0.25, -0.2) is 4.39 Å². The van der Waals surface area contributed by atoms with E-state index in [0.29, 0.717) is 5.69 Å². The summed E-state index contributed by atoms with van der Waals surface area (Å²) in [5, 5.41) is 0. The monoisotopic (exact) mass is 135 g/mol. The second-order valence-electron chi connectivity index (χ2n) is 1.90. The van der Waals surface area contributed by atoms with Crippen LogP contribution in [-0.4, -0.2) is 4.98 Å². The predicted octanol–water partition coefficient (Wildman–Crippen LogP) is 1.51.